The van der Waals surface area contributed by atoms with E-state index in [0.717, 1.165) is 22.6 Å². The summed E-state index contributed by atoms with van der Waals surface area (Å²) in [4.78, 5) is 2.55. The second-order valence-electron chi connectivity index (χ2n) is 5.29. The van der Waals surface area contributed by atoms with Crippen molar-refractivity contribution in [2.45, 2.75) is 39.2 Å². The number of benzene rings is 1. The first-order chi connectivity index (χ1) is 8.70. The van der Waals surface area contributed by atoms with E-state index in [0.29, 0.717) is 0 Å². The van der Waals surface area contributed by atoms with E-state index in [1.807, 2.05) is 12.1 Å². The quantitative estimate of drug-likeness (QED) is 0.854. The summed E-state index contributed by atoms with van der Waals surface area (Å²) in [5.41, 5.74) is 8.22. The maximum Gasteiger partial charge on any atom is 0.0371 e. The Kier molecular flexibility index (Phi) is 5.07. The van der Waals surface area contributed by atoms with E-state index in [4.69, 9.17) is 5.73 Å². The van der Waals surface area contributed by atoms with Gasteiger partial charge in [-0.1, -0.05) is 35.3 Å². The van der Waals surface area contributed by atoms with Gasteiger partial charge in [0.25, 0.3) is 0 Å². The summed E-state index contributed by atoms with van der Waals surface area (Å²) in [6.45, 7) is 5.70. The van der Waals surface area contributed by atoms with Crippen molar-refractivity contribution in [1.82, 2.24) is 4.90 Å². The van der Waals surface area contributed by atoms with Gasteiger partial charge in [-0.2, -0.15) is 0 Å². The molecular formula is C15H23BrN2. The first-order valence-corrected chi connectivity index (χ1v) is 7.75. The molecule has 100 valence electrons. The van der Waals surface area contributed by atoms with Gasteiger partial charge >= 0.3 is 0 Å². The van der Waals surface area contributed by atoms with Crippen molar-refractivity contribution < 1.29 is 0 Å². The molecule has 18 heavy (non-hydrogen) atoms. The van der Waals surface area contributed by atoms with Crippen LogP contribution in [-0.2, 0) is 6.54 Å². The van der Waals surface area contributed by atoms with E-state index in [9.17, 15) is 0 Å². The summed E-state index contributed by atoms with van der Waals surface area (Å²) in [6.07, 6.45) is 5.37. The Labute approximate surface area is 119 Å². The van der Waals surface area contributed by atoms with E-state index in [2.05, 4.69) is 33.8 Å². The number of halogens is 1. The maximum atomic E-state index is 6.07. The molecule has 2 N–H and O–H groups in total. The number of nitrogens with two attached hydrogens (primary N) is 1. The first-order valence-electron chi connectivity index (χ1n) is 6.96. The first kappa shape index (κ1) is 13.9. The molecule has 0 saturated carbocycles. The summed E-state index contributed by atoms with van der Waals surface area (Å²) in [5, 5.41) is 0. The summed E-state index contributed by atoms with van der Waals surface area (Å²) in [7, 11) is 0. The third-order valence-electron chi connectivity index (χ3n) is 4.05. The lowest BCUT2D eigenvalue weighted by Gasteiger charge is -2.21. The van der Waals surface area contributed by atoms with E-state index < -0.39 is 0 Å². The molecular weight excluding hydrogens is 288 g/mol. The van der Waals surface area contributed by atoms with Gasteiger partial charge in [0.05, 0.1) is 0 Å². The number of nitrogen functional groups attached to an aromatic ring is 1. The Morgan fingerprint density at radius 2 is 2.17 bits per heavy atom. The molecule has 1 aromatic rings. The molecule has 2 nitrogen and oxygen atoms in total. The Hall–Kier alpha value is -0.540. The van der Waals surface area contributed by atoms with Crippen LogP contribution in [0, 0.1) is 5.92 Å². The fraction of sp³-hybridized carbons (Fsp3) is 0.600. The molecule has 0 aliphatic carbocycles. The van der Waals surface area contributed by atoms with Crippen LogP contribution in [0.4, 0.5) is 5.69 Å². The van der Waals surface area contributed by atoms with Gasteiger partial charge in [0.15, 0.2) is 0 Å². The summed E-state index contributed by atoms with van der Waals surface area (Å²) < 4.78 is 1.14. The van der Waals surface area contributed by atoms with Gasteiger partial charge in [-0.15, -0.1) is 0 Å². The van der Waals surface area contributed by atoms with Gasteiger partial charge < -0.3 is 5.73 Å². The molecule has 0 amide bonds. The number of anilines is 1. The zero-order chi connectivity index (χ0) is 13.0. The second-order valence-corrected chi connectivity index (χ2v) is 6.14. The lowest BCUT2D eigenvalue weighted by molar-refractivity contribution is 0.272. The minimum atomic E-state index is 0.903. The van der Waals surface area contributed by atoms with E-state index in [1.165, 1.54) is 44.3 Å². The Bertz CT molecular complexity index is 372. The Balaban J connectivity index is 2.01. The molecule has 1 saturated heterocycles. The van der Waals surface area contributed by atoms with Crippen LogP contribution in [0.3, 0.4) is 0 Å². The third kappa shape index (κ3) is 3.48. The molecule has 2 rings (SSSR count). The number of likely N-dealkylation sites (tertiary alicyclic amines) is 1. The molecule has 3 heteroatoms. The maximum absolute atomic E-state index is 6.07. The van der Waals surface area contributed by atoms with Gasteiger partial charge in [-0.05, 0) is 50.4 Å². The van der Waals surface area contributed by atoms with E-state index >= 15 is 0 Å². The fourth-order valence-electron chi connectivity index (χ4n) is 2.76. The van der Waals surface area contributed by atoms with Crippen LogP contribution in [0.2, 0.25) is 0 Å². The van der Waals surface area contributed by atoms with E-state index in [1.54, 1.807) is 0 Å². The molecule has 0 spiro atoms. The summed E-state index contributed by atoms with van der Waals surface area (Å²) in [6, 6.07) is 6.07. The predicted molar refractivity (Wildman–Crippen MR) is 81.5 cm³/mol. The molecule has 0 aromatic heterocycles. The Morgan fingerprint density at radius 1 is 1.33 bits per heavy atom. The lowest BCUT2D eigenvalue weighted by atomic mass is 9.98. The molecule has 1 aliphatic rings. The van der Waals surface area contributed by atoms with Gasteiger partial charge in [-0.25, -0.2) is 0 Å². The van der Waals surface area contributed by atoms with Crippen LogP contribution < -0.4 is 5.73 Å². The normalized spacial score (nSPS) is 21.8. The number of hydrogen-bond acceptors (Lipinski definition) is 2. The highest BCUT2D eigenvalue weighted by Gasteiger charge is 2.17. The Morgan fingerprint density at radius 3 is 2.89 bits per heavy atom. The van der Waals surface area contributed by atoms with Crippen molar-refractivity contribution >= 4 is 21.6 Å². The van der Waals surface area contributed by atoms with Crippen LogP contribution in [0.1, 0.15) is 38.2 Å². The summed E-state index contributed by atoms with van der Waals surface area (Å²) in [5.74, 6) is 0.923. The van der Waals surface area contributed by atoms with Crippen molar-refractivity contribution in [2.24, 2.45) is 5.92 Å². The minimum absolute atomic E-state index is 0.903. The molecule has 0 radical (unpaired) electrons. The van der Waals surface area contributed by atoms with Crippen molar-refractivity contribution in [3.8, 4) is 0 Å². The second kappa shape index (κ2) is 6.58. The highest BCUT2D eigenvalue weighted by Crippen LogP contribution is 2.26. The highest BCUT2D eigenvalue weighted by atomic mass is 79.9. The van der Waals surface area contributed by atoms with Gasteiger partial charge in [-0.3, -0.25) is 4.90 Å². The molecule has 1 aromatic carbocycles. The molecule has 1 unspecified atom stereocenters. The minimum Gasteiger partial charge on any atom is -0.398 e. The lowest BCUT2D eigenvalue weighted by Crippen LogP contribution is -2.25. The summed E-state index contributed by atoms with van der Waals surface area (Å²) >= 11 is 3.61. The molecule has 0 bridgehead atoms. The topological polar surface area (TPSA) is 29.3 Å². The van der Waals surface area contributed by atoms with Crippen molar-refractivity contribution in [1.29, 1.82) is 0 Å². The van der Waals surface area contributed by atoms with Crippen LogP contribution in [0.5, 0.6) is 0 Å². The molecule has 1 heterocycles. The highest BCUT2D eigenvalue weighted by molar-refractivity contribution is 9.10. The van der Waals surface area contributed by atoms with Crippen molar-refractivity contribution in [3.63, 3.8) is 0 Å². The van der Waals surface area contributed by atoms with Gasteiger partial charge in [0.1, 0.15) is 0 Å². The molecule has 1 fully saturated rings. The van der Waals surface area contributed by atoms with Crippen LogP contribution >= 0.6 is 15.9 Å². The zero-order valence-electron chi connectivity index (χ0n) is 11.2. The monoisotopic (exact) mass is 310 g/mol. The van der Waals surface area contributed by atoms with Crippen molar-refractivity contribution in [3.05, 3.63) is 28.2 Å². The fourth-order valence-corrected chi connectivity index (χ4v) is 3.26. The zero-order valence-corrected chi connectivity index (χ0v) is 12.7. The molecule has 1 aliphatic heterocycles. The van der Waals surface area contributed by atoms with Gasteiger partial charge in [0.2, 0.25) is 0 Å². The number of nitrogens with zero attached hydrogens (tertiary/aromatic N) is 1. The predicted octanol–water partition coefficient (Wildman–Crippen LogP) is 4.04. The van der Waals surface area contributed by atoms with Crippen molar-refractivity contribution in [2.75, 3.05) is 18.8 Å². The van der Waals surface area contributed by atoms with E-state index in [-0.39, 0.29) is 0 Å². The largest absolute Gasteiger partial charge is 0.398 e. The van der Waals surface area contributed by atoms with Crippen LogP contribution in [-0.4, -0.2) is 18.0 Å². The standard InChI is InChI=1S/C15H23BrN2/c1-2-12-5-4-9-18(10-8-12)11-13-14(16)6-3-7-15(13)17/h3,6-7,12H,2,4-5,8-11,17H2,1H3. The number of rotatable bonds is 3. The SMILES string of the molecule is CCC1CCCN(Cc2c(N)cccc2Br)CC1. The smallest absolute Gasteiger partial charge is 0.0371 e. The van der Waals surface area contributed by atoms with Gasteiger partial charge in [0, 0.05) is 22.3 Å². The number of hydrogen-bond donors (Lipinski definition) is 1. The van der Waals surface area contributed by atoms with Crippen LogP contribution in [0.25, 0.3) is 0 Å². The molecule has 1 atom stereocenters. The van der Waals surface area contributed by atoms with Crippen LogP contribution in [0.15, 0.2) is 22.7 Å². The average Bonchev–Trinajstić information content (AvgIpc) is 2.59. The third-order valence-corrected chi connectivity index (χ3v) is 4.80. The average molecular weight is 311 g/mol.